The Labute approximate surface area is 129 Å². The van der Waals surface area contributed by atoms with Gasteiger partial charge in [-0.15, -0.1) is 0 Å². The van der Waals surface area contributed by atoms with Crippen LogP contribution in [-0.2, 0) is 0 Å². The number of oxazole rings is 1. The van der Waals surface area contributed by atoms with Crippen LogP contribution in [0.15, 0.2) is 52.1 Å². The van der Waals surface area contributed by atoms with E-state index in [-0.39, 0.29) is 5.56 Å². The van der Waals surface area contributed by atoms with Crippen LogP contribution in [0.2, 0.25) is 0 Å². The minimum absolute atomic E-state index is 0.141. The van der Waals surface area contributed by atoms with Crippen molar-refractivity contribution < 1.29 is 18.0 Å². The number of nitrogens with zero attached hydrogens (tertiary/aromatic N) is 1. The Balaban J connectivity index is 1.81. The average Bonchev–Trinajstić information content (AvgIpc) is 2.88. The molecule has 0 N–H and O–H groups in total. The summed E-state index contributed by atoms with van der Waals surface area (Å²) in [7, 11) is 0. The van der Waals surface area contributed by atoms with E-state index in [1.54, 1.807) is 19.1 Å². The normalized spacial score (nSPS) is 12.5. The second-order valence-corrected chi connectivity index (χ2v) is 5.99. The Morgan fingerprint density at radius 1 is 1.23 bits per heavy atom. The number of hydrogen-bond acceptors (Lipinski definition) is 4. The first-order valence-corrected chi connectivity index (χ1v) is 7.44. The second-order valence-electron chi connectivity index (χ2n) is 4.70. The molecule has 0 radical (unpaired) electrons. The van der Waals surface area contributed by atoms with E-state index < -0.39 is 22.7 Å². The summed E-state index contributed by atoms with van der Waals surface area (Å²) in [6, 6.07) is 10.1. The summed E-state index contributed by atoms with van der Waals surface area (Å²) in [6.45, 7) is 1.63. The largest absolute Gasteiger partial charge is 0.431 e. The molecule has 1 aromatic heterocycles. The van der Waals surface area contributed by atoms with Crippen LogP contribution in [0.5, 0.6) is 0 Å². The molecule has 22 heavy (non-hydrogen) atoms. The maximum absolute atomic E-state index is 13.7. The lowest BCUT2D eigenvalue weighted by Crippen LogP contribution is -2.15. The molecule has 1 heterocycles. The van der Waals surface area contributed by atoms with E-state index >= 15 is 0 Å². The first-order chi connectivity index (χ1) is 10.5. The van der Waals surface area contributed by atoms with E-state index in [2.05, 4.69) is 4.98 Å². The summed E-state index contributed by atoms with van der Waals surface area (Å²) in [5.74, 6) is -2.02. The van der Waals surface area contributed by atoms with Crippen molar-refractivity contribution in [3.63, 3.8) is 0 Å². The minimum Gasteiger partial charge on any atom is -0.431 e. The molecular weight excluding hydrogens is 308 g/mol. The summed E-state index contributed by atoms with van der Waals surface area (Å²) >= 11 is 1.10. The van der Waals surface area contributed by atoms with Crippen molar-refractivity contribution in [2.24, 2.45) is 0 Å². The molecule has 0 aliphatic rings. The molecule has 3 nitrogen and oxygen atoms in total. The molecule has 3 aromatic rings. The number of carbonyl (C=O) groups excluding carboxylic acids is 1. The molecule has 3 rings (SSSR count). The highest BCUT2D eigenvalue weighted by Crippen LogP contribution is 2.28. The van der Waals surface area contributed by atoms with Crippen LogP contribution < -0.4 is 0 Å². The van der Waals surface area contributed by atoms with Gasteiger partial charge in [-0.2, -0.15) is 0 Å². The number of Topliss-reactive ketones (excluding diaryl/α,β-unsaturated/α-hetero) is 1. The maximum atomic E-state index is 13.7. The van der Waals surface area contributed by atoms with E-state index in [9.17, 15) is 13.6 Å². The fourth-order valence-electron chi connectivity index (χ4n) is 2.01. The van der Waals surface area contributed by atoms with Gasteiger partial charge >= 0.3 is 0 Å². The second kappa shape index (κ2) is 5.88. The zero-order valence-corrected chi connectivity index (χ0v) is 12.4. The molecule has 0 saturated heterocycles. The summed E-state index contributed by atoms with van der Waals surface area (Å²) in [5, 5.41) is -0.266. The number of rotatable bonds is 4. The molecule has 1 atom stereocenters. The summed E-state index contributed by atoms with van der Waals surface area (Å²) < 4.78 is 32.1. The van der Waals surface area contributed by atoms with E-state index in [1.807, 2.05) is 12.1 Å². The van der Waals surface area contributed by atoms with Gasteiger partial charge in [0.2, 0.25) is 0 Å². The van der Waals surface area contributed by atoms with Crippen LogP contribution in [0.25, 0.3) is 11.1 Å². The Kier molecular flexibility index (Phi) is 3.94. The van der Waals surface area contributed by atoms with Crippen molar-refractivity contribution in [1.82, 2.24) is 4.98 Å². The maximum Gasteiger partial charge on any atom is 0.257 e. The summed E-state index contributed by atoms with van der Waals surface area (Å²) in [4.78, 5) is 16.5. The molecule has 6 heteroatoms. The van der Waals surface area contributed by atoms with Crippen LogP contribution in [0.3, 0.4) is 0 Å². The third-order valence-electron chi connectivity index (χ3n) is 3.12. The molecule has 0 saturated carbocycles. The van der Waals surface area contributed by atoms with Crippen LogP contribution in [0, 0.1) is 11.6 Å². The number of para-hydroxylation sites is 2. The number of benzene rings is 2. The number of aromatic nitrogens is 1. The SMILES string of the molecule is CC(Sc1nc2ccccc2o1)C(=O)c1ccc(F)cc1F. The fraction of sp³-hybridized carbons (Fsp3) is 0.125. The number of halogens is 2. The van der Waals surface area contributed by atoms with Gasteiger partial charge in [0.15, 0.2) is 11.4 Å². The van der Waals surface area contributed by atoms with Crippen molar-refractivity contribution in [1.29, 1.82) is 0 Å². The van der Waals surface area contributed by atoms with Gasteiger partial charge < -0.3 is 4.42 Å². The highest BCUT2D eigenvalue weighted by Gasteiger charge is 2.22. The minimum atomic E-state index is -0.866. The van der Waals surface area contributed by atoms with E-state index in [4.69, 9.17) is 4.42 Å². The summed E-state index contributed by atoms with van der Waals surface area (Å²) in [6.07, 6.45) is 0. The van der Waals surface area contributed by atoms with E-state index in [1.165, 1.54) is 0 Å². The lowest BCUT2D eigenvalue weighted by Gasteiger charge is -2.08. The fourth-order valence-corrected chi connectivity index (χ4v) is 2.84. The average molecular weight is 319 g/mol. The molecule has 0 aliphatic carbocycles. The van der Waals surface area contributed by atoms with Gasteiger partial charge in [-0.1, -0.05) is 23.9 Å². The number of carbonyl (C=O) groups is 1. The highest BCUT2D eigenvalue weighted by molar-refractivity contribution is 8.00. The molecule has 0 fully saturated rings. The smallest absolute Gasteiger partial charge is 0.257 e. The van der Waals surface area contributed by atoms with Gasteiger partial charge in [0.25, 0.3) is 5.22 Å². The van der Waals surface area contributed by atoms with Gasteiger partial charge in [0.1, 0.15) is 17.2 Å². The number of hydrogen-bond donors (Lipinski definition) is 0. The van der Waals surface area contributed by atoms with Crippen LogP contribution in [-0.4, -0.2) is 16.0 Å². The third-order valence-corrected chi connectivity index (χ3v) is 4.06. The van der Waals surface area contributed by atoms with Gasteiger partial charge in [-0.3, -0.25) is 4.79 Å². The number of thioether (sulfide) groups is 1. The van der Waals surface area contributed by atoms with Crippen LogP contribution >= 0.6 is 11.8 Å². The topological polar surface area (TPSA) is 43.1 Å². The summed E-state index contributed by atoms with van der Waals surface area (Å²) in [5.41, 5.74) is 1.17. The molecular formula is C16H11F2NO2S. The first kappa shape index (κ1) is 14.7. The van der Waals surface area contributed by atoms with Gasteiger partial charge in [0.05, 0.1) is 10.8 Å². The van der Waals surface area contributed by atoms with Crippen molar-refractivity contribution in [3.05, 3.63) is 59.7 Å². The quantitative estimate of drug-likeness (QED) is 0.526. The molecule has 2 aromatic carbocycles. The van der Waals surface area contributed by atoms with Crippen LogP contribution in [0.4, 0.5) is 8.78 Å². The molecule has 0 spiro atoms. The lowest BCUT2D eigenvalue weighted by atomic mass is 10.1. The molecule has 112 valence electrons. The molecule has 0 bridgehead atoms. The van der Waals surface area contributed by atoms with Crippen LogP contribution in [0.1, 0.15) is 17.3 Å². The zero-order valence-electron chi connectivity index (χ0n) is 11.5. The Morgan fingerprint density at radius 3 is 2.73 bits per heavy atom. The van der Waals surface area contributed by atoms with Crippen molar-refractivity contribution in [2.45, 2.75) is 17.4 Å². The number of fused-ring (bicyclic) bond motifs is 1. The molecule has 0 amide bonds. The monoisotopic (exact) mass is 319 g/mol. The highest BCUT2D eigenvalue weighted by atomic mass is 32.2. The molecule has 0 aliphatic heterocycles. The first-order valence-electron chi connectivity index (χ1n) is 6.56. The predicted octanol–water partition coefficient (Wildman–Crippen LogP) is 4.47. The zero-order chi connectivity index (χ0) is 15.7. The van der Waals surface area contributed by atoms with Gasteiger partial charge in [-0.05, 0) is 31.2 Å². The van der Waals surface area contributed by atoms with Gasteiger partial charge in [-0.25, -0.2) is 13.8 Å². The Hall–Kier alpha value is -2.21. The predicted molar refractivity (Wildman–Crippen MR) is 80.0 cm³/mol. The van der Waals surface area contributed by atoms with Crippen molar-refractivity contribution in [2.75, 3.05) is 0 Å². The molecule has 1 unspecified atom stereocenters. The lowest BCUT2D eigenvalue weighted by molar-refractivity contribution is 0.0989. The van der Waals surface area contributed by atoms with Crippen molar-refractivity contribution >= 4 is 28.6 Å². The number of ketones is 1. The van der Waals surface area contributed by atoms with Crippen molar-refractivity contribution in [3.8, 4) is 0 Å². The standard InChI is InChI=1S/C16H11F2NO2S/c1-9(15(20)11-7-6-10(17)8-12(11)18)22-16-19-13-4-2-3-5-14(13)21-16/h2-9H,1H3. The van der Waals surface area contributed by atoms with Gasteiger partial charge in [0, 0.05) is 6.07 Å². The Morgan fingerprint density at radius 2 is 2.00 bits per heavy atom. The van der Waals surface area contributed by atoms with E-state index in [0.717, 1.165) is 23.9 Å². The van der Waals surface area contributed by atoms with E-state index in [0.29, 0.717) is 22.4 Å². The Bertz CT molecular complexity index is 814. The third kappa shape index (κ3) is 2.87.